The number of fused-ring (bicyclic) bond motifs is 1. The fourth-order valence-electron chi connectivity index (χ4n) is 4.43. The lowest BCUT2D eigenvalue weighted by Crippen LogP contribution is -2.45. The van der Waals surface area contributed by atoms with Crippen LogP contribution in [0.25, 0.3) is 0 Å². The maximum Gasteiger partial charge on any atom is 0.338 e. The number of hydrogen-bond acceptors (Lipinski definition) is 8. The molecule has 0 radical (unpaired) electrons. The summed E-state index contributed by atoms with van der Waals surface area (Å²) in [6.45, 7) is 4.07. The lowest BCUT2D eigenvalue weighted by Gasteiger charge is -2.29. The van der Waals surface area contributed by atoms with Crippen LogP contribution >= 0.6 is 11.8 Å². The van der Waals surface area contributed by atoms with Gasteiger partial charge >= 0.3 is 5.97 Å². The van der Waals surface area contributed by atoms with Crippen molar-refractivity contribution < 1.29 is 24.0 Å². The van der Waals surface area contributed by atoms with E-state index in [-0.39, 0.29) is 17.2 Å². The van der Waals surface area contributed by atoms with E-state index in [1.807, 2.05) is 55.6 Å². The average molecular weight is 550 g/mol. The molecule has 0 spiro atoms. The van der Waals surface area contributed by atoms with Gasteiger partial charge in [-0.25, -0.2) is 4.79 Å². The number of esters is 1. The van der Waals surface area contributed by atoms with Crippen LogP contribution < -0.4 is 9.64 Å². The molecule has 0 saturated carbocycles. The van der Waals surface area contributed by atoms with Gasteiger partial charge in [0.2, 0.25) is 0 Å². The number of ether oxygens (including phenoxy) is 2. The molecule has 0 aliphatic carbocycles. The summed E-state index contributed by atoms with van der Waals surface area (Å²) >= 11 is 1.46. The van der Waals surface area contributed by atoms with Gasteiger partial charge in [-0.1, -0.05) is 31.2 Å². The SMILES string of the molecule is CCCN(C)CCN1C(=O)[C@H](OC(=O)c2ccc([N+](=O)[O-])cc2)[C@H](c2ccc(OC)cc2)Sc2ccccc21. The van der Waals surface area contributed by atoms with Crippen molar-refractivity contribution >= 4 is 35.0 Å². The molecule has 0 bridgehead atoms. The molecule has 3 aromatic carbocycles. The fourth-order valence-corrected chi connectivity index (χ4v) is 5.74. The van der Waals surface area contributed by atoms with E-state index in [4.69, 9.17) is 9.47 Å². The second-order valence-electron chi connectivity index (χ2n) is 9.20. The van der Waals surface area contributed by atoms with Crippen LogP contribution in [-0.4, -0.2) is 61.6 Å². The molecule has 3 aromatic rings. The standard InChI is InChI=1S/C29H31N3O6S/c1-4-17-30(2)18-19-31-24-7-5-6-8-25(24)39-27(20-11-15-23(37-3)16-12-20)26(28(31)33)38-29(34)21-9-13-22(14-10-21)32(35)36/h5-16,26-27H,4,17-19H2,1-3H3/t26-,27+/m1/s1. The Morgan fingerprint density at radius 1 is 1.05 bits per heavy atom. The number of hydrogen-bond donors (Lipinski definition) is 0. The Hall–Kier alpha value is -3.89. The van der Waals surface area contributed by atoms with E-state index < -0.39 is 22.2 Å². The van der Waals surface area contributed by atoms with E-state index in [1.54, 1.807) is 12.0 Å². The number of para-hydroxylation sites is 1. The first kappa shape index (κ1) is 28.1. The number of thioether (sulfide) groups is 1. The van der Waals surface area contributed by atoms with Crippen LogP contribution in [0.5, 0.6) is 5.75 Å². The molecule has 10 heteroatoms. The van der Waals surface area contributed by atoms with Crippen LogP contribution in [0.1, 0.15) is 34.5 Å². The second kappa shape index (κ2) is 12.8. The summed E-state index contributed by atoms with van der Waals surface area (Å²) in [6, 6.07) is 20.2. The maximum absolute atomic E-state index is 14.2. The lowest BCUT2D eigenvalue weighted by molar-refractivity contribution is -0.384. The maximum atomic E-state index is 14.2. The molecule has 4 rings (SSSR count). The van der Waals surface area contributed by atoms with E-state index >= 15 is 0 Å². The molecule has 1 aliphatic heterocycles. The molecule has 1 amide bonds. The number of nitrogens with zero attached hydrogens (tertiary/aromatic N) is 3. The minimum Gasteiger partial charge on any atom is -0.497 e. The topological polar surface area (TPSA) is 102 Å². The molecule has 0 aromatic heterocycles. The van der Waals surface area contributed by atoms with Gasteiger partial charge in [0.1, 0.15) is 5.75 Å². The molecule has 1 heterocycles. The quantitative estimate of drug-likeness (QED) is 0.189. The van der Waals surface area contributed by atoms with Crippen molar-refractivity contribution in [2.24, 2.45) is 0 Å². The number of non-ortho nitro benzene ring substituents is 1. The largest absolute Gasteiger partial charge is 0.497 e. The lowest BCUT2D eigenvalue weighted by atomic mass is 10.0. The Labute approximate surface area is 231 Å². The van der Waals surface area contributed by atoms with Gasteiger partial charge in [0.05, 0.1) is 28.5 Å². The monoisotopic (exact) mass is 549 g/mol. The number of benzene rings is 3. The first-order valence-electron chi connectivity index (χ1n) is 12.7. The zero-order valence-corrected chi connectivity index (χ0v) is 22.9. The minimum atomic E-state index is -1.14. The average Bonchev–Trinajstić information content (AvgIpc) is 3.06. The summed E-state index contributed by atoms with van der Waals surface area (Å²) in [6.07, 6.45) is -0.152. The highest BCUT2D eigenvalue weighted by Gasteiger charge is 2.41. The summed E-state index contributed by atoms with van der Waals surface area (Å²) in [7, 11) is 3.59. The Bertz CT molecular complexity index is 1320. The summed E-state index contributed by atoms with van der Waals surface area (Å²) in [5.74, 6) is -0.381. The first-order valence-corrected chi connectivity index (χ1v) is 13.5. The number of anilines is 1. The normalized spacial score (nSPS) is 16.9. The highest BCUT2D eigenvalue weighted by Crippen LogP contribution is 2.47. The number of rotatable bonds is 10. The molecular weight excluding hydrogens is 518 g/mol. The molecule has 9 nitrogen and oxygen atoms in total. The van der Waals surface area contributed by atoms with Crippen LogP contribution in [0, 0.1) is 10.1 Å². The van der Waals surface area contributed by atoms with E-state index in [9.17, 15) is 19.7 Å². The molecule has 0 unspecified atom stereocenters. The number of carbonyl (C=O) groups excluding carboxylic acids is 2. The van der Waals surface area contributed by atoms with Crippen molar-refractivity contribution in [3.05, 3.63) is 94.0 Å². The summed E-state index contributed by atoms with van der Waals surface area (Å²) in [5.41, 5.74) is 1.56. The number of nitro benzene ring substituents is 1. The van der Waals surface area contributed by atoms with E-state index in [0.29, 0.717) is 18.8 Å². The summed E-state index contributed by atoms with van der Waals surface area (Å²) in [4.78, 5) is 42.7. The number of likely N-dealkylation sites (N-methyl/N-ethyl adjacent to an activating group) is 1. The van der Waals surface area contributed by atoms with Crippen molar-refractivity contribution in [1.29, 1.82) is 0 Å². The van der Waals surface area contributed by atoms with Crippen molar-refractivity contribution in [2.75, 3.05) is 38.7 Å². The highest BCUT2D eigenvalue weighted by molar-refractivity contribution is 7.99. The minimum absolute atomic E-state index is 0.128. The van der Waals surface area contributed by atoms with Gasteiger partial charge in [0.15, 0.2) is 6.10 Å². The Balaban J connectivity index is 1.72. The summed E-state index contributed by atoms with van der Waals surface area (Å²) < 4.78 is 11.2. The molecule has 204 valence electrons. The molecule has 2 atom stereocenters. The number of amides is 1. The van der Waals surface area contributed by atoms with Gasteiger partial charge in [0, 0.05) is 30.1 Å². The van der Waals surface area contributed by atoms with Crippen LogP contribution in [-0.2, 0) is 9.53 Å². The van der Waals surface area contributed by atoms with Crippen molar-refractivity contribution in [3.63, 3.8) is 0 Å². The molecule has 1 aliphatic rings. The molecular formula is C29H31N3O6S. The van der Waals surface area contributed by atoms with E-state index in [2.05, 4.69) is 11.8 Å². The van der Waals surface area contributed by atoms with Crippen molar-refractivity contribution in [3.8, 4) is 5.75 Å². The van der Waals surface area contributed by atoms with Gasteiger partial charge in [0.25, 0.3) is 11.6 Å². The third kappa shape index (κ3) is 6.58. The number of methoxy groups -OCH3 is 1. The zero-order chi connectivity index (χ0) is 27.9. The predicted octanol–water partition coefficient (Wildman–Crippen LogP) is 5.35. The first-order chi connectivity index (χ1) is 18.8. The van der Waals surface area contributed by atoms with Crippen LogP contribution in [0.4, 0.5) is 11.4 Å². The van der Waals surface area contributed by atoms with Crippen LogP contribution in [0.3, 0.4) is 0 Å². The Kier molecular flexibility index (Phi) is 9.21. The number of nitro groups is 1. The van der Waals surface area contributed by atoms with E-state index in [0.717, 1.165) is 29.1 Å². The molecule has 0 saturated heterocycles. The van der Waals surface area contributed by atoms with Crippen molar-refractivity contribution in [2.45, 2.75) is 29.6 Å². The highest BCUT2D eigenvalue weighted by atomic mass is 32.2. The summed E-state index contributed by atoms with van der Waals surface area (Å²) in [5, 5.41) is 10.5. The van der Waals surface area contributed by atoms with Crippen LogP contribution in [0.15, 0.2) is 77.7 Å². The molecule has 39 heavy (non-hydrogen) atoms. The van der Waals surface area contributed by atoms with Gasteiger partial charge in [-0.05, 0) is 62.0 Å². The zero-order valence-electron chi connectivity index (χ0n) is 22.1. The fraction of sp³-hybridized carbons (Fsp3) is 0.310. The molecule has 0 N–H and O–H groups in total. The molecule has 0 fully saturated rings. The third-order valence-electron chi connectivity index (χ3n) is 6.50. The van der Waals surface area contributed by atoms with Gasteiger partial charge in [-0.15, -0.1) is 11.8 Å². The third-order valence-corrected chi connectivity index (χ3v) is 7.87. The Morgan fingerprint density at radius 2 is 1.74 bits per heavy atom. The van der Waals surface area contributed by atoms with E-state index in [1.165, 1.54) is 36.0 Å². The van der Waals surface area contributed by atoms with Crippen molar-refractivity contribution in [1.82, 2.24) is 4.90 Å². The van der Waals surface area contributed by atoms with Crippen LogP contribution in [0.2, 0.25) is 0 Å². The van der Waals surface area contributed by atoms with Gasteiger partial charge in [-0.3, -0.25) is 14.9 Å². The van der Waals surface area contributed by atoms with Gasteiger partial charge < -0.3 is 19.3 Å². The predicted molar refractivity (Wildman–Crippen MR) is 150 cm³/mol. The van der Waals surface area contributed by atoms with Gasteiger partial charge in [-0.2, -0.15) is 0 Å². The second-order valence-corrected chi connectivity index (χ2v) is 10.4. The Morgan fingerprint density at radius 3 is 2.38 bits per heavy atom. The smallest absolute Gasteiger partial charge is 0.338 e. The number of carbonyl (C=O) groups is 2.